The SMILES string of the molecule is CCCCCCCOc1cc(F)c(-c2ccc3c(F)c(CCc4ccc(C(F)(F)F)c(F)c4)ccc3c2)c(F)c1. The first-order valence-electron chi connectivity index (χ1n) is 13.3. The van der Waals surface area contributed by atoms with Crippen molar-refractivity contribution in [2.75, 3.05) is 6.61 Å². The Labute approximate surface area is 228 Å². The first kappa shape index (κ1) is 29.4. The lowest BCUT2D eigenvalue weighted by Crippen LogP contribution is -2.08. The highest BCUT2D eigenvalue weighted by Gasteiger charge is 2.33. The minimum absolute atomic E-state index is 0.110. The van der Waals surface area contributed by atoms with Crippen LogP contribution >= 0.6 is 0 Å². The van der Waals surface area contributed by atoms with Crippen molar-refractivity contribution in [3.05, 3.63) is 101 Å². The van der Waals surface area contributed by atoms with Crippen LogP contribution in [0.5, 0.6) is 5.75 Å². The maximum Gasteiger partial charge on any atom is 0.419 e. The van der Waals surface area contributed by atoms with Crippen molar-refractivity contribution in [1.82, 2.24) is 0 Å². The van der Waals surface area contributed by atoms with Crippen LogP contribution in [0.1, 0.15) is 55.7 Å². The van der Waals surface area contributed by atoms with Crippen LogP contribution < -0.4 is 4.74 Å². The summed E-state index contributed by atoms with van der Waals surface area (Å²) in [5.74, 6) is -3.40. The number of rotatable bonds is 11. The zero-order chi connectivity index (χ0) is 28.9. The Kier molecular flexibility index (Phi) is 9.38. The van der Waals surface area contributed by atoms with E-state index in [4.69, 9.17) is 4.74 Å². The molecule has 0 atom stereocenters. The lowest BCUT2D eigenvalue weighted by molar-refractivity contribution is -0.140. The Bertz CT molecular complexity index is 1450. The van der Waals surface area contributed by atoms with E-state index in [1.807, 2.05) is 0 Å². The van der Waals surface area contributed by atoms with Crippen LogP contribution in [0.15, 0.2) is 60.7 Å². The van der Waals surface area contributed by atoms with E-state index in [0.29, 0.717) is 23.6 Å². The second kappa shape index (κ2) is 12.7. The second-order valence-electron chi connectivity index (χ2n) is 9.81. The second-order valence-corrected chi connectivity index (χ2v) is 9.81. The van der Waals surface area contributed by atoms with E-state index in [1.165, 1.54) is 30.3 Å². The maximum atomic E-state index is 15.2. The molecule has 0 N–H and O–H groups in total. The van der Waals surface area contributed by atoms with E-state index in [9.17, 15) is 26.3 Å². The third-order valence-corrected chi connectivity index (χ3v) is 6.88. The lowest BCUT2D eigenvalue weighted by atomic mass is 9.96. The molecule has 8 heteroatoms. The van der Waals surface area contributed by atoms with Crippen molar-refractivity contribution in [3.8, 4) is 16.9 Å². The quantitative estimate of drug-likeness (QED) is 0.131. The van der Waals surface area contributed by atoms with Gasteiger partial charge >= 0.3 is 6.18 Å². The van der Waals surface area contributed by atoms with Gasteiger partial charge in [0.05, 0.1) is 17.7 Å². The number of aryl methyl sites for hydroxylation is 2. The summed E-state index contributed by atoms with van der Waals surface area (Å²) in [5.41, 5.74) is -0.770. The summed E-state index contributed by atoms with van der Waals surface area (Å²) < 4.78 is 103. The van der Waals surface area contributed by atoms with Crippen LogP contribution in [0.2, 0.25) is 0 Å². The highest BCUT2D eigenvalue weighted by Crippen LogP contribution is 2.34. The van der Waals surface area contributed by atoms with Gasteiger partial charge in [0.1, 0.15) is 29.0 Å². The third kappa shape index (κ3) is 6.95. The van der Waals surface area contributed by atoms with Gasteiger partial charge in [-0.15, -0.1) is 0 Å². The number of unbranched alkanes of at least 4 members (excludes halogenated alkanes) is 4. The molecule has 0 aliphatic heterocycles. The van der Waals surface area contributed by atoms with Gasteiger partial charge in [-0.3, -0.25) is 0 Å². The van der Waals surface area contributed by atoms with Crippen molar-refractivity contribution in [1.29, 1.82) is 0 Å². The number of halogens is 7. The van der Waals surface area contributed by atoms with Crippen molar-refractivity contribution in [2.45, 2.75) is 58.0 Å². The molecule has 0 saturated carbocycles. The van der Waals surface area contributed by atoms with E-state index in [2.05, 4.69) is 6.92 Å². The number of hydrogen-bond acceptors (Lipinski definition) is 1. The number of hydrogen-bond donors (Lipinski definition) is 0. The first-order chi connectivity index (χ1) is 19.1. The molecule has 0 spiro atoms. The van der Waals surface area contributed by atoms with Crippen LogP contribution in [0.4, 0.5) is 30.7 Å². The van der Waals surface area contributed by atoms with Crippen molar-refractivity contribution >= 4 is 10.8 Å². The molecule has 0 unspecified atom stereocenters. The van der Waals surface area contributed by atoms with Gasteiger partial charge in [0.2, 0.25) is 0 Å². The Hall–Kier alpha value is -3.55. The molecule has 212 valence electrons. The Morgan fingerprint density at radius 1 is 0.700 bits per heavy atom. The smallest absolute Gasteiger partial charge is 0.419 e. The Morgan fingerprint density at radius 3 is 2.10 bits per heavy atom. The molecule has 0 aliphatic rings. The van der Waals surface area contributed by atoms with Gasteiger partial charge in [0.25, 0.3) is 0 Å². The van der Waals surface area contributed by atoms with Crippen LogP contribution in [-0.4, -0.2) is 6.61 Å². The predicted octanol–water partition coefficient (Wildman–Crippen LogP) is 10.2. The molecule has 0 heterocycles. The predicted molar refractivity (Wildman–Crippen MR) is 142 cm³/mol. The normalized spacial score (nSPS) is 11.8. The molecule has 0 aliphatic carbocycles. The van der Waals surface area contributed by atoms with Crippen LogP contribution in [0.25, 0.3) is 21.9 Å². The Balaban J connectivity index is 1.48. The Morgan fingerprint density at radius 2 is 1.43 bits per heavy atom. The molecule has 0 amide bonds. The topological polar surface area (TPSA) is 9.23 Å². The fourth-order valence-electron chi connectivity index (χ4n) is 4.71. The first-order valence-corrected chi connectivity index (χ1v) is 13.3. The fraction of sp³-hybridized carbons (Fsp3) is 0.312. The summed E-state index contributed by atoms with van der Waals surface area (Å²) in [6.45, 7) is 2.49. The van der Waals surface area contributed by atoms with Crippen LogP contribution in [0, 0.1) is 23.3 Å². The fourth-order valence-corrected chi connectivity index (χ4v) is 4.71. The largest absolute Gasteiger partial charge is 0.493 e. The monoisotopic (exact) mass is 562 g/mol. The van der Waals surface area contributed by atoms with Crippen LogP contribution in [-0.2, 0) is 19.0 Å². The van der Waals surface area contributed by atoms with E-state index in [0.717, 1.165) is 50.3 Å². The van der Waals surface area contributed by atoms with Gasteiger partial charge < -0.3 is 4.74 Å². The minimum atomic E-state index is -4.79. The molecular weight excluding hydrogens is 533 g/mol. The molecule has 40 heavy (non-hydrogen) atoms. The summed E-state index contributed by atoms with van der Waals surface area (Å²) in [6, 6.07) is 12.4. The highest BCUT2D eigenvalue weighted by molar-refractivity contribution is 5.88. The van der Waals surface area contributed by atoms with E-state index in [1.54, 1.807) is 6.07 Å². The third-order valence-electron chi connectivity index (χ3n) is 6.88. The number of alkyl halides is 3. The molecule has 4 rings (SSSR count). The molecule has 1 nitrogen and oxygen atoms in total. The van der Waals surface area contributed by atoms with Gasteiger partial charge in [0.15, 0.2) is 0 Å². The van der Waals surface area contributed by atoms with E-state index in [-0.39, 0.29) is 40.7 Å². The molecule has 0 aromatic heterocycles. The average molecular weight is 563 g/mol. The molecule has 4 aromatic rings. The van der Waals surface area contributed by atoms with E-state index >= 15 is 4.39 Å². The zero-order valence-corrected chi connectivity index (χ0v) is 22.0. The molecule has 4 aromatic carbocycles. The van der Waals surface area contributed by atoms with E-state index < -0.39 is 35.0 Å². The summed E-state index contributed by atoms with van der Waals surface area (Å²) in [6.07, 6.45) is 0.585. The summed E-state index contributed by atoms with van der Waals surface area (Å²) in [7, 11) is 0. The van der Waals surface area contributed by atoms with Crippen molar-refractivity contribution in [3.63, 3.8) is 0 Å². The number of fused-ring (bicyclic) bond motifs is 1. The van der Waals surface area contributed by atoms with Crippen LogP contribution in [0.3, 0.4) is 0 Å². The maximum absolute atomic E-state index is 15.2. The number of ether oxygens (including phenoxy) is 1. The van der Waals surface area contributed by atoms with Gasteiger partial charge in [-0.2, -0.15) is 13.2 Å². The molecular formula is C32H29F7O. The molecule has 0 fully saturated rings. The molecule has 0 radical (unpaired) electrons. The average Bonchev–Trinajstić information content (AvgIpc) is 2.89. The van der Waals surface area contributed by atoms with Crippen molar-refractivity contribution in [2.24, 2.45) is 0 Å². The van der Waals surface area contributed by atoms with Gasteiger partial charge in [-0.1, -0.05) is 62.9 Å². The zero-order valence-electron chi connectivity index (χ0n) is 22.0. The molecule has 0 bridgehead atoms. The molecule has 0 saturated heterocycles. The summed E-state index contributed by atoms with van der Waals surface area (Å²) in [4.78, 5) is 0. The van der Waals surface area contributed by atoms with Gasteiger partial charge in [-0.05, 0) is 59.5 Å². The van der Waals surface area contributed by atoms with Crippen molar-refractivity contribution < 1.29 is 35.5 Å². The number of benzene rings is 4. The van der Waals surface area contributed by atoms with Gasteiger partial charge in [-0.25, -0.2) is 17.6 Å². The summed E-state index contributed by atoms with van der Waals surface area (Å²) in [5, 5.41) is 0.647. The standard InChI is InChI=1S/C32H29F7O/c1-2-3-4-5-6-15-40-24-18-28(34)30(29(35)19-24)23-12-13-25-22(17-23)11-10-21(31(25)36)9-7-20-8-14-26(27(33)16-20)32(37,38)39/h8,10-14,16-19H,2-7,9,15H2,1H3. The van der Waals surface area contributed by atoms with Gasteiger partial charge in [0, 0.05) is 17.5 Å². The minimum Gasteiger partial charge on any atom is -0.493 e. The lowest BCUT2D eigenvalue weighted by Gasteiger charge is -2.12. The summed E-state index contributed by atoms with van der Waals surface area (Å²) >= 11 is 0. The highest BCUT2D eigenvalue weighted by atomic mass is 19.4.